The quantitative estimate of drug-likeness (QED) is 0.808. The number of carbonyl (C=O) groups excluding carboxylic acids is 1. The molecule has 0 bridgehead atoms. The smallest absolute Gasteiger partial charge is 0.241 e. The summed E-state index contributed by atoms with van der Waals surface area (Å²) < 4.78 is 27.8. The van der Waals surface area contributed by atoms with E-state index < -0.39 is 10.0 Å². The van der Waals surface area contributed by atoms with Crippen LogP contribution in [-0.2, 0) is 14.8 Å². The van der Waals surface area contributed by atoms with Crippen LogP contribution in [0.5, 0.6) is 0 Å². The van der Waals surface area contributed by atoms with Gasteiger partial charge in [-0.25, -0.2) is 13.1 Å². The molecule has 0 spiro atoms. The average molecular weight is 326 g/mol. The molecule has 0 saturated heterocycles. The van der Waals surface area contributed by atoms with Crippen LogP contribution in [0.2, 0.25) is 0 Å². The summed E-state index contributed by atoms with van der Waals surface area (Å²) in [5.41, 5.74) is 1.13. The number of rotatable bonds is 7. The Hall–Kier alpha value is -1.40. The Morgan fingerprint density at radius 3 is 2.36 bits per heavy atom. The van der Waals surface area contributed by atoms with Crippen LogP contribution >= 0.6 is 0 Å². The van der Waals surface area contributed by atoms with Crippen molar-refractivity contribution < 1.29 is 13.2 Å². The van der Waals surface area contributed by atoms with Gasteiger partial charge in [0.2, 0.25) is 15.9 Å². The maximum atomic E-state index is 12.5. The minimum atomic E-state index is -3.60. The van der Waals surface area contributed by atoms with Gasteiger partial charge in [-0.3, -0.25) is 4.79 Å². The van der Waals surface area contributed by atoms with Crippen molar-refractivity contribution in [2.24, 2.45) is 5.92 Å². The molecule has 124 valence electrons. The van der Waals surface area contributed by atoms with Crippen molar-refractivity contribution in [3.63, 3.8) is 0 Å². The van der Waals surface area contributed by atoms with Gasteiger partial charge in [-0.1, -0.05) is 19.9 Å². The van der Waals surface area contributed by atoms with Gasteiger partial charge in [0, 0.05) is 18.7 Å². The molecule has 1 unspecified atom stereocenters. The lowest BCUT2D eigenvalue weighted by Gasteiger charge is -2.17. The van der Waals surface area contributed by atoms with Gasteiger partial charge in [0.15, 0.2) is 0 Å². The molecule has 2 N–H and O–H groups in total. The van der Waals surface area contributed by atoms with Crippen LogP contribution in [-0.4, -0.2) is 20.4 Å². The highest BCUT2D eigenvalue weighted by Gasteiger charge is 2.20. The molecule has 0 saturated carbocycles. The van der Waals surface area contributed by atoms with E-state index in [2.05, 4.69) is 23.9 Å². The van der Waals surface area contributed by atoms with E-state index >= 15 is 0 Å². The van der Waals surface area contributed by atoms with Gasteiger partial charge in [0.1, 0.15) is 0 Å². The molecule has 0 aliphatic heterocycles. The van der Waals surface area contributed by atoms with E-state index in [4.69, 9.17) is 0 Å². The maximum absolute atomic E-state index is 12.5. The number of hydrogen-bond acceptors (Lipinski definition) is 3. The van der Waals surface area contributed by atoms with Crippen LogP contribution < -0.4 is 10.0 Å². The van der Waals surface area contributed by atoms with E-state index in [0.717, 1.165) is 12.8 Å². The first-order chi connectivity index (χ1) is 10.1. The second-order valence-corrected chi connectivity index (χ2v) is 7.84. The van der Waals surface area contributed by atoms with E-state index in [1.165, 1.54) is 13.0 Å². The lowest BCUT2D eigenvalue weighted by molar-refractivity contribution is -0.114. The number of nitrogens with one attached hydrogen (secondary N) is 2. The summed E-state index contributed by atoms with van der Waals surface area (Å²) in [4.78, 5) is 11.3. The van der Waals surface area contributed by atoms with E-state index in [-0.39, 0.29) is 16.8 Å². The van der Waals surface area contributed by atoms with Crippen LogP contribution in [0.25, 0.3) is 0 Å². The highest BCUT2D eigenvalue weighted by molar-refractivity contribution is 7.89. The van der Waals surface area contributed by atoms with Crippen LogP contribution in [0.4, 0.5) is 5.69 Å². The maximum Gasteiger partial charge on any atom is 0.241 e. The molecule has 0 aromatic heterocycles. The van der Waals surface area contributed by atoms with E-state index in [1.807, 2.05) is 6.92 Å². The molecule has 0 aliphatic carbocycles. The van der Waals surface area contributed by atoms with Gasteiger partial charge < -0.3 is 5.32 Å². The third-order valence-corrected chi connectivity index (χ3v) is 5.06. The SMILES string of the molecule is CC(=O)Nc1ccc(C)c(S(=O)(=O)NC(C)CCC(C)C)c1. The highest BCUT2D eigenvalue weighted by atomic mass is 32.2. The summed E-state index contributed by atoms with van der Waals surface area (Å²) in [6.07, 6.45) is 1.76. The largest absolute Gasteiger partial charge is 0.326 e. The zero-order chi connectivity index (χ0) is 16.9. The average Bonchev–Trinajstić information content (AvgIpc) is 2.37. The summed E-state index contributed by atoms with van der Waals surface area (Å²) in [5.74, 6) is 0.308. The Labute approximate surface area is 133 Å². The topological polar surface area (TPSA) is 75.3 Å². The first-order valence-corrected chi connectivity index (χ1v) is 9.00. The fourth-order valence-corrected chi connectivity index (χ4v) is 3.69. The van der Waals surface area contributed by atoms with Crippen molar-refractivity contribution in [3.8, 4) is 0 Å². The van der Waals surface area contributed by atoms with E-state index in [0.29, 0.717) is 17.2 Å². The number of anilines is 1. The fraction of sp³-hybridized carbons (Fsp3) is 0.562. The Balaban J connectivity index is 2.94. The Bertz CT molecular complexity index is 624. The highest BCUT2D eigenvalue weighted by Crippen LogP contribution is 2.21. The van der Waals surface area contributed by atoms with E-state index in [9.17, 15) is 13.2 Å². The molecule has 0 heterocycles. The molecule has 6 heteroatoms. The first kappa shape index (κ1) is 18.6. The second-order valence-electron chi connectivity index (χ2n) is 6.15. The van der Waals surface area contributed by atoms with Crippen molar-refractivity contribution >= 4 is 21.6 Å². The van der Waals surface area contributed by atoms with Crippen LogP contribution in [0.15, 0.2) is 23.1 Å². The Kier molecular flexibility index (Phi) is 6.56. The number of aryl methyl sites for hydroxylation is 1. The number of benzene rings is 1. The molecular weight excluding hydrogens is 300 g/mol. The monoisotopic (exact) mass is 326 g/mol. The van der Waals surface area contributed by atoms with Crippen molar-refractivity contribution in [1.29, 1.82) is 0 Å². The predicted octanol–water partition coefficient (Wildman–Crippen LogP) is 3.06. The van der Waals surface area contributed by atoms with Gasteiger partial charge in [0.05, 0.1) is 4.90 Å². The second kappa shape index (κ2) is 7.74. The summed E-state index contributed by atoms with van der Waals surface area (Å²) in [5, 5.41) is 2.61. The lowest BCUT2D eigenvalue weighted by atomic mass is 10.1. The molecule has 1 rings (SSSR count). The lowest BCUT2D eigenvalue weighted by Crippen LogP contribution is -2.33. The van der Waals surface area contributed by atoms with Crippen molar-refractivity contribution in [2.45, 2.75) is 58.4 Å². The van der Waals surface area contributed by atoms with Crippen LogP contribution in [0.3, 0.4) is 0 Å². The molecule has 0 aliphatic rings. The first-order valence-electron chi connectivity index (χ1n) is 7.52. The van der Waals surface area contributed by atoms with Crippen LogP contribution in [0.1, 0.15) is 46.1 Å². The number of amides is 1. The number of hydrogen-bond donors (Lipinski definition) is 2. The zero-order valence-electron chi connectivity index (χ0n) is 13.9. The molecular formula is C16H26N2O3S. The number of sulfonamides is 1. The molecule has 22 heavy (non-hydrogen) atoms. The molecule has 1 amide bonds. The van der Waals surface area contributed by atoms with Crippen molar-refractivity contribution in [2.75, 3.05) is 5.32 Å². The molecule has 1 aromatic rings. The minimum absolute atomic E-state index is 0.128. The predicted molar refractivity (Wildman–Crippen MR) is 89.3 cm³/mol. The van der Waals surface area contributed by atoms with Gasteiger partial charge in [0.25, 0.3) is 0 Å². The summed E-state index contributed by atoms with van der Waals surface area (Å²) in [6.45, 7) is 9.22. The minimum Gasteiger partial charge on any atom is -0.326 e. The molecule has 0 radical (unpaired) electrons. The summed E-state index contributed by atoms with van der Waals surface area (Å²) in [6, 6.07) is 4.75. The molecule has 5 nitrogen and oxygen atoms in total. The summed E-state index contributed by atoms with van der Waals surface area (Å²) >= 11 is 0. The third kappa shape index (κ3) is 5.77. The van der Waals surface area contributed by atoms with Crippen LogP contribution in [0, 0.1) is 12.8 Å². The summed E-state index contributed by atoms with van der Waals surface area (Å²) in [7, 11) is -3.60. The van der Waals surface area contributed by atoms with Gasteiger partial charge in [-0.2, -0.15) is 0 Å². The van der Waals surface area contributed by atoms with Gasteiger partial charge >= 0.3 is 0 Å². The van der Waals surface area contributed by atoms with E-state index in [1.54, 1.807) is 19.1 Å². The molecule has 1 aromatic carbocycles. The fourth-order valence-electron chi connectivity index (χ4n) is 2.14. The third-order valence-electron chi connectivity index (χ3n) is 3.33. The normalized spacial score (nSPS) is 13.2. The zero-order valence-corrected chi connectivity index (χ0v) is 14.8. The van der Waals surface area contributed by atoms with Gasteiger partial charge in [-0.15, -0.1) is 0 Å². The number of carbonyl (C=O) groups is 1. The molecule has 1 atom stereocenters. The Morgan fingerprint density at radius 2 is 1.82 bits per heavy atom. The van der Waals surface area contributed by atoms with Gasteiger partial charge in [-0.05, 0) is 50.3 Å². The van der Waals surface area contributed by atoms with Crippen molar-refractivity contribution in [1.82, 2.24) is 4.72 Å². The standard InChI is InChI=1S/C16H26N2O3S/c1-11(2)6-8-13(4)18-22(20,21)16-10-15(17-14(5)19)9-7-12(16)3/h7,9-11,13,18H,6,8H2,1-5H3,(H,17,19). The Morgan fingerprint density at radius 1 is 1.18 bits per heavy atom. The van der Waals surface area contributed by atoms with Crippen molar-refractivity contribution in [3.05, 3.63) is 23.8 Å². The molecule has 0 fully saturated rings.